The molecule has 2 rings (SSSR count). The Balaban J connectivity index is 2.31. The van der Waals surface area contributed by atoms with Crippen molar-refractivity contribution >= 4 is 17.6 Å². The lowest BCUT2D eigenvalue weighted by Gasteiger charge is -2.20. The zero-order valence-corrected chi connectivity index (χ0v) is 11.4. The maximum Gasteiger partial charge on any atom is 0.323 e. The molecule has 1 amide bonds. The van der Waals surface area contributed by atoms with E-state index in [-0.39, 0.29) is 0 Å². The fraction of sp³-hybridized carbons (Fsp3) is 0.133. The number of ether oxygens (including phenoxy) is 1. The Morgan fingerprint density at radius 3 is 2.43 bits per heavy atom. The van der Waals surface area contributed by atoms with E-state index in [1.807, 2.05) is 0 Å². The second-order valence-electron chi connectivity index (χ2n) is 4.21. The number of carbonyl (C=O) groups is 2. The fourth-order valence-corrected chi connectivity index (χ4v) is 1.81. The predicted molar refractivity (Wildman–Crippen MR) is 76.5 cm³/mol. The second kappa shape index (κ2) is 6.51. The molecule has 6 nitrogen and oxygen atoms in total. The van der Waals surface area contributed by atoms with Crippen molar-refractivity contribution in [3.05, 3.63) is 54.2 Å². The monoisotopic (exact) mass is 286 g/mol. The van der Waals surface area contributed by atoms with E-state index in [2.05, 4.69) is 4.98 Å². The molecule has 0 bridgehead atoms. The van der Waals surface area contributed by atoms with Gasteiger partial charge in [-0.25, -0.2) is 4.98 Å². The van der Waals surface area contributed by atoms with Crippen LogP contribution in [0.5, 0.6) is 5.88 Å². The molecular weight excluding hydrogens is 272 g/mol. The Kier molecular flexibility index (Phi) is 4.50. The number of hydrogen-bond acceptors (Lipinski definition) is 4. The smallest absolute Gasteiger partial charge is 0.323 e. The highest BCUT2D eigenvalue weighted by Crippen LogP contribution is 2.17. The first-order valence-electron chi connectivity index (χ1n) is 6.20. The summed E-state index contributed by atoms with van der Waals surface area (Å²) in [5, 5.41) is 8.99. The van der Waals surface area contributed by atoms with Crippen molar-refractivity contribution in [3.8, 4) is 5.88 Å². The van der Waals surface area contributed by atoms with Gasteiger partial charge in [0.05, 0.1) is 12.7 Å². The quantitative estimate of drug-likeness (QED) is 0.907. The molecule has 1 N–H and O–H groups in total. The molecule has 0 spiro atoms. The van der Waals surface area contributed by atoms with E-state index >= 15 is 0 Å². The predicted octanol–water partition coefficient (Wildman–Crippen LogP) is 1.82. The van der Waals surface area contributed by atoms with Crippen LogP contribution in [0.25, 0.3) is 0 Å². The summed E-state index contributed by atoms with van der Waals surface area (Å²) in [5.74, 6) is -1.14. The lowest BCUT2D eigenvalue weighted by Crippen LogP contribution is -2.35. The molecule has 1 heterocycles. The number of para-hydroxylation sites is 1. The first-order chi connectivity index (χ1) is 10.1. The topological polar surface area (TPSA) is 79.7 Å². The van der Waals surface area contributed by atoms with Crippen molar-refractivity contribution in [1.82, 2.24) is 4.98 Å². The Labute approximate surface area is 121 Å². The summed E-state index contributed by atoms with van der Waals surface area (Å²) in [7, 11) is 1.48. The van der Waals surface area contributed by atoms with E-state index in [9.17, 15) is 9.59 Å². The average molecular weight is 286 g/mol. The van der Waals surface area contributed by atoms with Crippen molar-refractivity contribution in [2.24, 2.45) is 0 Å². The molecule has 0 aliphatic carbocycles. The van der Waals surface area contributed by atoms with Crippen molar-refractivity contribution in [3.63, 3.8) is 0 Å². The van der Waals surface area contributed by atoms with Gasteiger partial charge in [-0.1, -0.05) is 18.2 Å². The van der Waals surface area contributed by atoms with Crippen LogP contribution in [0, 0.1) is 0 Å². The normalized spacial score (nSPS) is 9.95. The molecule has 6 heteroatoms. The number of anilines is 1. The number of carbonyl (C=O) groups excluding carboxylic acids is 1. The summed E-state index contributed by atoms with van der Waals surface area (Å²) in [6.07, 6.45) is 1.36. The van der Waals surface area contributed by atoms with Crippen LogP contribution in [-0.4, -0.2) is 35.6 Å². The van der Waals surface area contributed by atoms with E-state index in [0.29, 0.717) is 17.1 Å². The molecule has 0 saturated carbocycles. The number of carboxylic acid groups (broad SMARTS) is 1. The molecule has 1 aromatic heterocycles. The molecule has 0 aliphatic heterocycles. The van der Waals surface area contributed by atoms with E-state index < -0.39 is 18.4 Å². The molecular formula is C15H14N2O4. The van der Waals surface area contributed by atoms with Gasteiger partial charge in [0, 0.05) is 18.0 Å². The van der Waals surface area contributed by atoms with Crippen LogP contribution in [0.4, 0.5) is 5.69 Å². The highest BCUT2D eigenvalue weighted by atomic mass is 16.5. The van der Waals surface area contributed by atoms with Crippen LogP contribution in [0.1, 0.15) is 10.4 Å². The summed E-state index contributed by atoms with van der Waals surface area (Å²) >= 11 is 0. The zero-order chi connectivity index (χ0) is 15.2. The second-order valence-corrected chi connectivity index (χ2v) is 4.21. The number of amides is 1. The number of methoxy groups -OCH3 is 1. The SMILES string of the molecule is COc1ccc(C(=O)N(CC(=O)O)c2ccccc2)cn1. The first-order valence-corrected chi connectivity index (χ1v) is 6.20. The summed E-state index contributed by atoms with van der Waals surface area (Å²) in [5.41, 5.74) is 0.807. The van der Waals surface area contributed by atoms with E-state index in [1.165, 1.54) is 18.2 Å². The van der Waals surface area contributed by atoms with Gasteiger partial charge in [-0.15, -0.1) is 0 Å². The summed E-state index contributed by atoms with van der Waals surface area (Å²) < 4.78 is 4.93. The number of aliphatic carboxylic acids is 1. The summed E-state index contributed by atoms with van der Waals surface area (Å²) in [6.45, 7) is -0.422. The van der Waals surface area contributed by atoms with Gasteiger partial charge in [0.15, 0.2) is 0 Å². The number of rotatable bonds is 5. The van der Waals surface area contributed by atoms with Crippen molar-refractivity contribution in [2.45, 2.75) is 0 Å². The molecule has 108 valence electrons. The maximum absolute atomic E-state index is 12.5. The molecule has 0 radical (unpaired) electrons. The van der Waals surface area contributed by atoms with Crippen molar-refractivity contribution in [1.29, 1.82) is 0 Å². The van der Waals surface area contributed by atoms with Gasteiger partial charge in [0.25, 0.3) is 5.91 Å². The number of hydrogen-bond donors (Lipinski definition) is 1. The molecule has 0 fully saturated rings. The largest absolute Gasteiger partial charge is 0.481 e. The van der Waals surface area contributed by atoms with Crippen molar-refractivity contribution in [2.75, 3.05) is 18.6 Å². The fourth-order valence-electron chi connectivity index (χ4n) is 1.81. The van der Waals surface area contributed by atoms with Crippen LogP contribution in [0.2, 0.25) is 0 Å². The van der Waals surface area contributed by atoms with Gasteiger partial charge in [-0.05, 0) is 18.2 Å². The summed E-state index contributed by atoms with van der Waals surface area (Å²) in [4.78, 5) is 28.6. The third-order valence-corrected chi connectivity index (χ3v) is 2.80. The van der Waals surface area contributed by atoms with E-state index in [1.54, 1.807) is 42.5 Å². The van der Waals surface area contributed by atoms with Gasteiger partial charge in [0.2, 0.25) is 5.88 Å². The molecule has 0 saturated heterocycles. The Hall–Kier alpha value is -2.89. The number of carboxylic acids is 1. The van der Waals surface area contributed by atoms with Crippen LogP contribution in [0.15, 0.2) is 48.7 Å². The Morgan fingerprint density at radius 2 is 1.90 bits per heavy atom. The zero-order valence-electron chi connectivity index (χ0n) is 11.4. The molecule has 21 heavy (non-hydrogen) atoms. The number of nitrogens with zero attached hydrogens (tertiary/aromatic N) is 2. The Bertz CT molecular complexity index is 626. The minimum absolute atomic E-state index is 0.293. The van der Waals surface area contributed by atoms with Gasteiger partial charge in [-0.3, -0.25) is 14.5 Å². The lowest BCUT2D eigenvalue weighted by atomic mass is 10.2. The van der Waals surface area contributed by atoms with Crippen LogP contribution in [-0.2, 0) is 4.79 Å². The molecule has 0 aliphatic rings. The van der Waals surface area contributed by atoms with Gasteiger partial charge in [-0.2, -0.15) is 0 Å². The third-order valence-electron chi connectivity index (χ3n) is 2.80. The highest BCUT2D eigenvalue weighted by molar-refractivity contribution is 6.08. The minimum atomic E-state index is -1.09. The Morgan fingerprint density at radius 1 is 1.19 bits per heavy atom. The van der Waals surface area contributed by atoms with Crippen LogP contribution in [0.3, 0.4) is 0 Å². The number of benzene rings is 1. The van der Waals surface area contributed by atoms with Crippen LogP contribution >= 0.6 is 0 Å². The first kappa shape index (κ1) is 14.5. The molecule has 1 aromatic carbocycles. The standard InChI is InChI=1S/C15H14N2O4/c1-21-13-8-7-11(9-16-13)15(20)17(10-14(18)19)12-5-3-2-4-6-12/h2-9H,10H2,1H3,(H,18,19). The maximum atomic E-state index is 12.5. The molecule has 2 aromatic rings. The van der Waals surface area contributed by atoms with Crippen LogP contribution < -0.4 is 9.64 Å². The minimum Gasteiger partial charge on any atom is -0.481 e. The van der Waals surface area contributed by atoms with E-state index in [4.69, 9.17) is 9.84 Å². The highest BCUT2D eigenvalue weighted by Gasteiger charge is 2.20. The number of pyridine rings is 1. The lowest BCUT2D eigenvalue weighted by molar-refractivity contribution is -0.135. The van der Waals surface area contributed by atoms with Gasteiger partial charge in [0.1, 0.15) is 6.54 Å². The van der Waals surface area contributed by atoms with E-state index in [0.717, 1.165) is 0 Å². The molecule has 0 unspecified atom stereocenters. The average Bonchev–Trinajstić information content (AvgIpc) is 2.53. The molecule has 0 atom stereocenters. The summed E-state index contributed by atoms with van der Waals surface area (Å²) in [6, 6.07) is 11.7. The van der Waals surface area contributed by atoms with Gasteiger partial charge < -0.3 is 9.84 Å². The third kappa shape index (κ3) is 3.56. The van der Waals surface area contributed by atoms with Gasteiger partial charge >= 0.3 is 5.97 Å². The van der Waals surface area contributed by atoms with Crippen molar-refractivity contribution < 1.29 is 19.4 Å². The number of aromatic nitrogens is 1.